The third-order valence-electron chi connectivity index (χ3n) is 4.30. The number of methoxy groups -OCH3 is 2. The summed E-state index contributed by atoms with van der Waals surface area (Å²) >= 11 is 0. The monoisotopic (exact) mass is 381 g/mol. The fourth-order valence-electron chi connectivity index (χ4n) is 2.85. The zero-order valence-corrected chi connectivity index (χ0v) is 15.6. The van der Waals surface area contributed by atoms with Crippen molar-refractivity contribution >= 4 is 11.9 Å². The quantitative estimate of drug-likeness (QED) is 0.473. The number of aromatic nitrogens is 4. The molecule has 0 saturated carbocycles. The van der Waals surface area contributed by atoms with E-state index in [-0.39, 0.29) is 0 Å². The Balaban J connectivity index is 2.87. The summed E-state index contributed by atoms with van der Waals surface area (Å²) in [6.45, 7) is 0. The molecule has 0 bridgehead atoms. The van der Waals surface area contributed by atoms with E-state index in [1.165, 1.54) is 31.2 Å². The minimum absolute atomic E-state index is 0.446. The summed E-state index contributed by atoms with van der Waals surface area (Å²) in [5.74, 6) is -4.08. The number of carbonyl (C=O) groups excluding carboxylic acids is 2. The predicted octanol–water partition coefficient (Wildman–Crippen LogP) is -1.91. The van der Waals surface area contributed by atoms with Crippen molar-refractivity contribution in [1.82, 2.24) is 13.7 Å². The van der Waals surface area contributed by atoms with Gasteiger partial charge in [-0.2, -0.15) is 0 Å². The second kappa shape index (κ2) is 7.48. The van der Waals surface area contributed by atoms with Gasteiger partial charge in [0, 0.05) is 14.1 Å². The van der Waals surface area contributed by atoms with Gasteiger partial charge in [-0.1, -0.05) is 0 Å². The van der Waals surface area contributed by atoms with Crippen LogP contribution in [-0.4, -0.2) is 45.0 Å². The molecular weight excluding hydrogens is 360 g/mol. The zero-order chi connectivity index (χ0) is 20.5. The van der Waals surface area contributed by atoms with Gasteiger partial charge < -0.3 is 14.6 Å². The highest BCUT2D eigenvalue weighted by Crippen LogP contribution is 2.33. The molecule has 0 aliphatic carbocycles. The summed E-state index contributed by atoms with van der Waals surface area (Å²) in [4.78, 5) is 49.8. The van der Waals surface area contributed by atoms with E-state index in [9.17, 15) is 24.3 Å². The Hall–Kier alpha value is -3.37. The minimum Gasteiger partial charge on any atom is -0.494 e. The van der Waals surface area contributed by atoms with Crippen LogP contribution in [0.5, 0.6) is 5.88 Å². The van der Waals surface area contributed by atoms with Gasteiger partial charge in [-0.15, -0.1) is 0 Å². The fourth-order valence-corrected chi connectivity index (χ4v) is 2.85. The van der Waals surface area contributed by atoms with Crippen LogP contribution in [0.3, 0.4) is 0 Å². The maximum absolute atomic E-state index is 12.7. The molecule has 0 radical (unpaired) electrons. The first-order valence-electron chi connectivity index (χ1n) is 7.82. The van der Waals surface area contributed by atoms with E-state index in [2.05, 4.69) is 0 Å². The molecule has 146 valence electrons. The number of aryl methyl sites for hydroxylation is 1. The molecule has 1 N–H and O–H groups in total. The van der Waals surface area contributed by atoms with Gasteiger partial charge >= 0.3 is 17.6 Å². The normalized spacial score (nSPS) is 13.1. The fraction of sp³-hybridized carbons (Fsp3) is 0.438. The lowest BCUT2D eigenvalue weighted by molar-refractivity contribution is -0.671. The van der Waals surface area contributed by atoms with Gasteiger partial charge in [-0.05, 0) is 0 Å². The lowest BCUT2D eigenvalue weighted by atomic mass is 9.92. The van der Waals surface area contributed by atoms with Crippen LogP contribution in [0.2, 0.25) is 0 Å². The molecule has 0 saturated heterocycles. The number of aromatic hydroxyl groups is 1. The Morgan fingerprint density at radius 1 is 1.11 bits per heavy atom. The highest BCUT2D eigenvalue weighted by atomic mass is 16.5. The van der Waals surface area contributed by atoms with E-state index < -0.39 is 46.6 Å². The summed E-state index contributed by atoms with van der Waals surface area (Å²) in [5, 5.41) is 10.4. The van der Waals surface area contributed by atoms with Gasteiger partial charge in [0.25, 0.3) is 5.56 Å². The minimum atomic E-state index is -1.56. The van der Waals surface area contributed by atoms with E-state index in [1.54, 1.807) is 17.8 Å². The number of nitrogens with zero attached hydrogens (tertiary/aromatic N) is 4. The van der Waals surface area contributed by atoms with Crippen molar-refractivity contribution < 1.29 is 28.7 Å². The summed E-state index contributed by atoms with van der Waals surface area (Å²) in [6.07, 6.45) is 4.62. The first-order chi connectivity index (χ1) is 12.6. The number of ether oxygens (including phenoxy) is 2. The molecule has 27 heavy (non-hydrogen) atoms. The van der Waals surface area contributed by atoms with Crippen LogP contribution in [-0.2, 0) is 40.2 Å². The Bertz CT molecular complexity index is 1000. The number of carbonyl (C=O) groups is 2. The second-order valence-electron chi connectivity index (χ2n) is 5.94. The van der Waals surface area contributed by atoms with Gasteiger partial charge in [-0.25, -0.2) is 18.7 Å². The number of hydrogen-bond donors (Lipinski definition) is 1. The van der Waals surface area contributed by atoms with Crippen molar-refractivity contribution in [2.24, 2.45) is 21.1 Å². The average Bonchev–Trinajstić information content (AvgIpc) is 3.08. The molecule has 2 aromatic heterocycles. The van der Waals surface area contributed by atoms with Crippen LogP contribution >= 0.6 is 0 Å². The van der Waals surface area contributed by atoms with E-state index in [1.807, 2.05) is 0 Å². The Morgan fingerprint density at radius 3 is 2.19 bits per heavy atom. The molecular formula is C16H21N4O7+. The number of imidazole rings is 1. The Kier molecular flexibility index (Phi) is 5.52. The van der Waals surface area contributed by atoms with Gasteiger partial charge in [0.15, 0.2) is 0 Å². The molecule has 0 spiro atoms. The van der Waals surface area contributed by atoms with Crippen LogP contribution in [0.4, 0.5) is 0 Å². The molecule has 2 atom stereocenters. The maximum Gasteiger partial charge on any atom is 0.352 e. The van der Waals surface area contributed by atoms with E-state index >= 15 is 0 Å². The van der Waals surface area contributed by atoms with Crippen LogP contribution in [0, 0.1) is 0 Å². The van der Waals surface area contributed by atoms with Gasteiger partial charge in [0.05, 0.1) is 26.8 Å². The number of rotatable bonds is 5. The van der Waals surface area contributed by atoms with Gasteiger partial charge in [0.1, 0.15) is 18.3 Å². The number of esters is 2. The van der Waals surface area contributed by atoms with Gasteiger partial charge in [-0.3, -0.25) is 18.7 Å². The maximum atomic E-state index is 12.7. The lowest BCUT2D eigenvalue weighted by Gasteiger charge is -2.22. The van der Waals surface area contributed by atoms with E-state index in [0.717, 1.165) is 23.4 Å². The Morgan fingerprint density at radius 2 is 1.70 bits per heavy atom. The largest absolute Gasteiger partial charge is 0.494 e. The standard InChI is InChI=1S/C16H20N4O7/c1-17-6-7-20(8-17)11(15(24)27-5)9(14(23)26-4)10-12(21)18(2)16(25)19(3)13(10)22/h6-9,11H,1-5H3/p+1. The zero-order valence-electron chi connectivity index (χ0n) is 15.6. The summed E-state index contributed by atoms with van der Waals surface area (Å²) < 4.78 is 14.1. The number of hydrogen-bond acceptors (Lipinski definition) is 7. The molecule has 11 nitrogen and oxygen atoms in total. The third-order valence-corrected chi connectivity index (χ3v) is 4.30. The predicted molar refractivity (Wildman–Crippen MR) is 90.0 cm³/mol. The van der Waals surface area contributed by atoms with Crippen molar-refractivity contribution in [1.29, 1.82) is 0 Å². The van der Waals surface area contributed by atoms with Crippen LogP contribution in [0.15, 0.2) is 28.3 Å². The first-order valence-corrected chi connectivity index (χ1v) is 7.82. The van der Waals surface area contributed by atoms with Crippen LogP contribution < -0.4 is 15.8 Å². The molecule has 2 rings (SSSR count). The van der Waals surface area contributed by atoms with Gasteiger partial charge in [0.2, 0.25) is 18.2 Å². The van der Waals surface area contributed by atoms with E-state index in [4.69, 9.17) is 9.47 Å². The molecule has 0 aromatic carbocycles. The molecule has 2 aromatic rings. The summed E-state index contributed by atoms with van der Waals surface area (Å²) in [6, 6.07) is -1.35. The van der Waals surface area contributed by atoms with Crippen molar-refractivity contribution in [3.8, 4) is 5.88 Å². The SMILES string of the molecule is COC(=O)C(c1c(O)n(C)c(=O)n(C)c1=O)C(C(=O)OC)n1cc[n+](C)c1. The van der Waals surface area contributed by atoms with Crippen molar-refractivity contribution in [2.75, 3.05) is 14.2 Å². The lowest BCUT2D eigenvalue weighted by Crippen LogP contribution is -2.43. The average molecular weight is 381 g/mol. The molecule has 0 aliphatic rings. The van der Waals surface area contributed by atoms with Crippen LogP contribution in [0.25, 0.3) is 0 Å². The highest BCUT2D eigenvalue weighted by Gasteiger charge is 2.45. The molecule has 0 aliphatic heterocycles. The molecule has 2 unspecified atom stereocenters. The van der Waals surface area contributed by atoms with Crippen LogP contribution in [0.1, 0.15) is 17.5 Å². The topological polar surface area (TPSA) is 126 Å². The third kappa shape index (κ3) is 3.35. The summed E-state index contributed by atoms with van der Waals surface area (Å²) in [5.41, 5.74) is -2.15. The molecule has 2 heterocycles. The highest BCUT2D eigenvalue weighted by molar-refractivity contribution is 5.87. The molecule has 11 heteroatoms. The van der Waals surface area contributed by atoms with Crippen molar-refractivity contribution in [3.63, 3.8) is 0 Å². The molecule has 0 fully saturated rings. The van der Waals surface area contributed by atoms with Crippen molar-refractivity contribution in [2.45, 2.75) is 12.0 Å². The second-order valence-corrected chi connectivity index (χ2v) is 5.94. The van der Waals surface area contributed by atoms with E-state index in [0.29, 0.717) is 0 Å². The first kappa shape index (κ1) is 19.9. The summed E-state index contributed by atoms with van der Waals surface area (Å²) in [7, 11) is 6.35. The Labute approximate surface area is 153 Å². The molecule has 0 amide bonds. The smallest absolute Gasteiger partial charge is 0.352 e. The van der Waals surface area contributed by atoms with Crippen molar-refractivity contribution in [3.05, 3.63) is 45.1 Å².